The number of aliphatic carboxylic acids is 1. The van der Waals surface area contributed by atoms with Gasteiger partial charge in [0.25, 0.3) is 0 Å². The first-order chi connectivity index (χ1) is 29.0. The van der Waals surface area contributed by atoms with E-state index in [1.165, 1.54) is 44.9 Å². The number of amides is 4. The molecule has 0 rings (SSSR count). The van der Waals surface area contributed by atoms with Crippen molar-refractivity contribution in [3.8, 4) is 0 Å². The second-order valence-corrected chi connectivity index (χ2v) is 17.7. The molecule has 0 aromatic rings. The summed E-state index contributed by atoms with van der Waals surface area (Å²) in [5.41, 5.74) is -0.603. The number of carbonyl (C=O) groups excluding carboxylic acids is 5. The SMILES string of the molecule is CCCCCCCCCCCCCC(=O)N[C@@H](CCC(=O)NCCOCCOCC(=O)NCCOCCOCC(=O)NCCCCC(NC(C)(C)C)C(=O)C(C)(C)C)C(=O)O. The van der Waals surface area contributed by atoms with Crippen molar-refractivity contribution in [2.45, 2.75) is 175 Å². The molecule has 0 aliphatic rings. The van der Waals surface area contributed by atoms with Crippen LogP contribution in [0.3, 0.4) is 0 Å². The number of rotatable bonds is 40. The lowest BCUT2D eigenvalue weighted by Gasteiger charge is -2.31. The molecular formula is C45H85N5O11. The van der Waals surface area contributed by atoms with Crippen LogP contribution in [-0.2, 0) is 47.7 Å². The molecule has 0 saturated heterocycles. The van der Waals surface area contributed by atoms with E-state index in [0.717, 1.165) is 38.5 Å². The molecule has 0 radical (unpaired) electrons. The van der Waals surface area contributed by atoms with Crippen LogP contribution in [0.25, 0.3) is 0 Å². The van der Waals surface area contributed by atoms with Crippen molar-refractivity contribution in [2.24, 2.45) is 5.41 Å². The maximum absolute atomic E-state index is 12.9. The molecule has 4 amide bonds. The van der Waals surface area contributed by atoms with Gasteiger partial charge in [0.05, 0.1) is 45.7 Å². The van der Waals surface area contributed by atoms with E-state index in [9.17, 15) is 33.9 Å². The average Bonchev–Trinajstić information content (AvgIpc) is 3.18. The molecule has 1 unspecified atom stereocenters. The molecule has 0 bridgehead atoms. The number of hydrogen-bond acceptors (Lipinski definition) is 11. The normalized spacial score (nSPS) is 12.7. The van der Waals surface area contributed by atoms with Crippen molar-refractivity contribution < 1.29 is 52.8 Å². The standard InChI is InChI=1S/C45H85N5O11/c1-8-9-10-11-12-13-14-15-16-17-18-22-39(52)49-37(43(56)57)23-24-38(51)47-26-28-58-30-33-61-35-41(54)48-27-29-59-31-32-60-34-40(53)46-25-20-19-21-36(50-45(5,6)7)42(55)44(2,3)4/h36-37,50H,8-35H2,1-7H3,(H,46,53)(H,47,51)(H,48,54)(H,49,52)(H,56,57)/t36?,37-/m0/s1. The van der Waals surface area contributed by atoms with E-state index in [4.69, 9.17) is 18.9 Å². The molecule has 0 aromatic heterocycles. The summed E-state index contributed by atoms with van der Waals surface area (Å²) in [6, 6.07) is -1.35. The van der Waals surface area contributed by atoms with E-state index in [1.54, 1.807) is 0 Å². The Morgan fingerprint density at radius 3 is 1.46 bits per heavy atom. The zero-order valence-corrected chi connectivity index (χ0v) is 39.0. The minimum atomic E-state index is -1.17. The van der Waals surface area contributed by atoms with Crippen molar-refractivity contribution in [2.75, 3.05) is 72.5 Å². The van der Waals surface area contributed by atoms with Crippen molar-refractivity contribution in [1.29, 1.82) is 0 Å². The number of ether oxygens (including phenoxy) is 4. The fourth-order valence-electron chi connectivity index (χ4n) is 6.25. The van der Waals surface area contributed by atoms with E-state index >= 15 is 0 Å². The summed E-state index contributed by atoms with van der Waals surface area (Å²) < 4.78 is 21.5. The molecule has 16 nitrogen and oxygen atoms in total. The number of ketones is 1. The number of hydrogen-bond donors (Lipinski definition) is 6. The summed E-state index contributed by atoms with van der Waals surface area (Å²) in [6.45, 7) is 16.3. The van der Waals surface area contributed by atoms with Crippen LogP contribution >= 0.6 is 0 Å². The largest absolute Gasteiger partial charge is 0.480 e. The second-order valence-electron chi connectivity index (χ2n) is 17.7. The summed E-state index contributed by atoms with van der Waals surface area (Å²) >= 11 is 0. The zero-order valence-electron chi connectivity index (χ0n) is 39.0. The van der Waals surface area contributed by atoms with Gasteiger partial charge in [0, 0.05) is 43.4 Å². The van der Waals surface area contributed by atoms with E-state index in [2.05, 4.69) is 33.5 Å². The van der Waals surface area contributed by atoms with Gasteiger partial charge in [0.1, 0.15) is 19.3 Å². The van der Waals surface area contributed by atoms with Crippen LogP contribution in [0, 0.1) is 5.41 Å². The lowest BCUT2D eigenvalue weighted by Crippen LogP contribution is -2.50. The molecule has 16 heteroatoms. The molecule has 0 saturated carbocycles. The highest BCUT2D eigenvalue weighted by Crippen LogP contribution is 2.21. The number of carboxylic acid groups (broad SMARTS) is 1. The molecule has 0 fully saturated rings. The Labute approximate surface area is 367 Å². The predicted molar refractivity (Wildman–Crippen MR) is 237 cm³/mol. The molecule has 0 aliphatic heterocycles. The van der Waals surface area contributed by atoms with E-state index < -0.39 is 17.4 Å². The summed E-state index contributed by atoms with van der Waals surface area (Å²) in [6.07, 6.45) is 15.4. The van der Waals surface area contributed by atoms with Gasteiger partial charge in [-0.3, -0.25) is 24.0 Å². The quantitative estimate of drug-likeness (QED) is 0.0449. The summed E-state index contributed by atoms with van der Waals surface area (Å²) in [7, 11) is 0. The Hall–Kier alpha value is -3.18. The minimum absolute atomic E-state index is 0.00801. The van der Waals surface area contributed by atoms with Gasteiger partial charge < -0.3 is 50.6 Å². The van der Waals surface area contributed by atoms with Crippen LogP contribution in [0.5, 0.6) is 0 Å². The maximum Gasteiger partial charge on any atom is 0.326 e. The Kier molecular flexibility index (Phi) is 34.4. The van der Waals surface area contributed by atoms with Gasteiger partial charge >= 0.3 is 5.97 Å². The molecular weight excluding hydrogens is 787 g/mol. The first-order valence-corrected chi connectivity index (χ1v) is 22.9. The smallest absolute Gasteiger partial charge is 0.326 e. The third kappa shape index (κ3) is 37.1. The van der Waals surface area contributed by atoms with Crippen molar-refractivity contribution >= 4 is 35.4 Å². The molecule has 2 atom stereocenters. The maximum atomic E-state index is 12.9. The molecule has 61 heavy (non-hydrogen) atoms. The second kappa shape index (κ2) is 36.3. The predicted octanol–water partition coefficient (Wildman–Crippen LogP) is 4.99. The lowest BCUT2D eigenvalue weighted by atomic mass is 9.84. The van der Waals surface area contributed by atoms with Gasteiger partial charge in [0.2, 0.25) is 23.6 Å². The molecule has 0 spiro atoms. The van der Waals surface area contributed by atoms with Crippen LogP contribution in [0.1, 0.15) is 158 Å². The third-order valence-electron chi connectivity index (χ3n) is 9.55. The van der Waals surface area contributed by atoms with Crippen molar-refractivity contribution in [1.82, 2.24) is 26.6 Å². The van der Waals surface area contributed by atoms with Gasteiger partial charge in [-0.2, -0.15) is 0 Å². The first kappa shape index (κ1) is 57.8. The highest BCUT2D eigenvalue weighted by atomic mass is 16.5. The van der Waals surface area contributed by atoms with Crippen LogP contribution in [0.4, 0.5) is 0 Å². The average molecular weight is 872 g/mol. The highest BCUT2D eigenvalue weighted by Gasteiger charge is 2.31. The summed E-state index contributed by atoms with van der Waals surface area (Å²) in [5.74, 6) is -2.15. The molecule has 0 aromatic carbocycles. The Balaban J connectivity index is 3.77. The highest BCUT2D eigenvalue weighted by molar-refractivity contribution is 5.88. The number of carbonyl (C=O) groups is 6. The monoisotopic (exact) mass is 872 g/mol. The van der Waals surface area contributed by atoms with Gasteiger partial charge in [-0.15, -0.1) is 0 Å². The third-order valence-corrected chi connectivity index (χ3v) is 9.55. The Bertz CT molecular complexity index is 1210. The molecule has 356 valence electrons. The number of nitrogens with one attached hydrogen (secondary N) is 5. The topological polar surface area (TPSA) is 220 Å². The Morgan fingerprint density at radius 2 is 0.967 bits per heavy atom. The zero-order chi connectivity index (χ0) is 45.8. The van der Waals surface area contributed by atoms with E-state index in [1.807, 2.05) is 41.5 Å². The molecule has 6 N–H and O–H groups in total. The molecule has 0 aliphatic carbocycles. The minimum Gasteiger partial charge on any atom is -0.480 e. The lowest BCUT2D eigenvalue weighted by molar-refractivity contribution is -0.142. The van der Waals surface area contributed by atoms with Crippen molar-refractivity contribution in [3.63, 3.8) is 0 Å². The fourth-order valence-corrected chi connectivity index (χ4v) is 6.25. The van der Waals surface area contributed by atoms with E-state index in [0.29, 0.717) is 13.0 Å². The summed E-state index contributed by atoms with van der Waals surface area (Å²) in [5, 5.41) is 23.6. The van der Waals surface area contributed by atoms with Gasteiger partial charge in [-0.1, -0.05) is 91.9 Å². The van der Waals surface area contributed by atoms with E-state index in [-0.39, 0.29) is 126 Å². The van der Waals surface area contributed by atoms with Gasteiger partial charge in [-0.25, -0.2) is 4.79 Å². The fraction of sp³-hybridized carbons (Fsp3) is 0.867. The van der Waals surface area contributed by atoms with Crippen LogP contribution in [-0.4, -0.2) is 131 Å². The van der Waals surface area contributed by atoms with Crippen LogP contribution in [0.15, 0.2) is 0 Å². The van der Waals surface area contributed by atoms with Crippen LogP contribution in [0.2, 0.25) is 0 Å². The number of Topliss-reactive ketones (excluding diaryl/α,β-unsaturated/α-hetero) is 1. The first-order valence-electron chi connectivity index (χ1n) is 22.9. The Morgan fingerprint density at radius 1 is 0.492 bits per heavy atom. The number of carboxylic acids is 1. The van der Waals surface area contributed by atoms with Gasteiger partial charge in [-0.05, 0) is 52.9 Å². The number of unbranched alkanes of at least 4 members (excludes halogenated alkanes) is 11. The molecule has 0 heterocycles. The van der Waals surface area contributed by atoms with Crippen LogP contribution < -0.4 is 26.6 Å². The van der Waals surface area contributed by atoms with Gasteiger partial charge in [0.15, 0.2) is 5.78 Å². The summed E-state index contributed by atoms with van der Waals surface area (Å²) in [4.78, 5) is 73.0. The van der Waals surface area contributed by atoms with Crippen molar-refractivity contribution in [3.05, 3.63) is 0 Å².